The van der Waals surface area contributed by atoms with Crippen LogP contribution in [0.3, 0.4) is 0 Å². The number of carbonyl (C=O) groups excluding carboxylic acids is 1. The number of carbonyl (C=O) groups is 2. The second-order valence-corrected chi connectivity index (χ2v) is 7.45. The van der Waals surface area contributed by atoms with Crippen molar-refractivity contribution >= 4 is 35.0 Å². The molecule has 0 aliphatic carbocycles. The zero-order valence-corrected chi connectivity index (χ0v) is 16.4. The lowest BCUT2D eigenvalue weighted by molar-refractivity contribution is -0.141. The minimum absolute atomic E-state index is 0.168. The number of carboxylic acid groups (broad SMARTS) is 1. The molecule has 5 rings (SSSR count). The summed E-state index contributed by atoms with van der Waals surface area (Å²) in [4.78, 5) is 41.9. The van der Waals surface area contributed by atoms with E-state index in [4.69, 9.17) is 9.84 Å². The number of amidine groups is 1. The number of aliphatic carboxylic acids is 1. The molecule has 2 aromatic rings. The highest BCUT2D eigenvalue weighted by Crippen LogP contribution is 2.38. The van der Waals surface area contributed by atoms with Crippen LogP contribution in [0.1, 0.15) is 12.5 Å². The molecule has 10 nitrogen and oxygen atoms in total. The lowest BCUT2D eigenvalue weighted by atomic mass is 10.1. The number of ether oxygens (including phenoxy) is 1. The second kappa shape index (κ2) is 6.97. The Morgan fingerprint density at radius 2 is 1.87 bits per heavy atom. The molecule has 1 fully saturated rings. The molecule has 0 saturated carbocycles. The van der Waals surface area contributed by atoms with Crippen molar-refractivity contribution in [3.8, 4) is 5.88 Å². The molecule has 154 valence electrons. The highest BCUT2D eigenvalue weighted by atomic mass is 16.5. The van der Waals surface area contributed by atoms with Crippen molar-refractivity contribution in [2.45, 2.75) is 6.92 Å². The predicted octanol–water partition coefficient (Wildman–Crippen LogP) is 1.73. The van der Waals surface area contributed by atoms with Crippen LogP contribution in [0.2, 0.25) is 0 Å². The molecular formula is C20H20N6O4. The molecule has 1 atom stereocenters. The summed E-state index contributed by atoms with van der Waals surface area (Å²) in [7, 11) is 0. The lowest BCUT2D eigenvalue weighted by Gasteiger charge is -2.28. The molecule has 1 saturated heterocycles. The largest absolute Gasteiger partial charge is 0.481 e. The summed E-state index contributed by atoms with van der Waals surface area (Å²) >= 11 is 0. The molecule has 3 aliphatic heterocycles. The van der Waals surface area contributed by atoms with Gasteiger partial charge in [-0.3, -0.25) is 9.69 Å². The Kier molecular flexibility index (Phi) is 4.27. The molecule has 0 radical (unpaired) electrons. The number of urea groups is 1. The topological polar surface area (TPSA) is 111 Å². The Bertz CT molecular complexity index is 1050. The molecule has 10 heteroatoms. The Hall–Kier alpha value is -3.69. The average molecular weight is 408 g/mol. The first kappa shape index (κ1) is 18.3. The number of aromatic nitrogens is 2. The lowest BCUT2D eigenvalue weighted by Crippen LogP contribution is -2.36. The van der Waals surface area contributed by atoms with Gasteiger partial charge in [0, 0.05) is 31.0 Å². The van der Waals surface area contributed by atoms with Gasteiger partial charge in [0.05, 0.1) is 12.5 Å². The third-order valence-corrected chi connectivity index (χ3v) is 5.52. The van der Waals surface area contributed by atoms with Crippen LogP contribution in [0.4, 0.5) is 22.0 Å². The van der Waals surface area contributed by atoms with E-state index in [0.29, 0.717) is 37.9 Å². The number of hydrogen-bond acceptors (Lipinski definition) is 7. The average Bonchev–Trinajstić information content (AvgIpc) is 2.98. The van der Waals surface area contributed by atoms with Crippen LogP contribution in [-0.4, -0.2) is 70.6 Å². The second-order valence-electron chi connectivity index (χ2n) is 7.45. The monoisotopic (exact) mass is 408 g/mol. The number of hydrogen-bond donors (Lipinski definition) is 1. The third-order valence-electron chi connectivity index (χ3n) is 5.52. The summed E-state index contributed by atoms with van der Waals surface area (Å²) in [5, 5.41) is 9.09. The minimum atomic E-state index is -0.902. The normalized spacial score (nSPS) is 18.2. The molecule has 0 bridgehead atoms. The quantitative estimate of drug-likeness (QED) is 0.802. The molecule has 0 spiro atoms. The number of nitrogens with zero attached hydrogens (tertiary/aromatic N) is 6. The summed E-state index contributed by atoms with van der Waals surface area (Å²) in [5.41, 5.74) is 2.55. The van der Waals surface area contributed by atoms with E-state index in [0.717, 1.165) is 22.8 Å². The van der Waals surface area contributed by atoms with E-state index < -0.39 is 11.9 Å². The smallest absolute Gasteiger partial charge is 0.324 e. The molecule has 1 unspecified atom stereocenters. The van der Waals surface area contributed by atoms with Crippen LogP contribution in [0.25, 0.3) is 0 Å². The van der Waals surface area contributed by atoms with Crippen molar-refractivity contribution in [3.05, 3.63) is 36.2 Å². The van der Waals surface area contributed by atoms with Crippen molar-refractivity contribution in [3.63, 3.8) is 0 Å². The SMILES string of the molecule is CC(CN1CCN(c2ccc(N3CCOc4ncnc5c4C3=N5)cc2)C1=O)C(=O)O. The maximum Gasteiger partial charge on any atom is 0.324 e. The van der Waals surface area contributed by atoms with E-state index >= 15 is 0 Å². The van der Waals surface area contributed by atoms with Crippen LogP contribution in [-0.2, 0) is 4.79 Å². The van der Waals surface area contributed by atoms with E-state index in [2.05, 4.69) is 19.9 Å². The van der Waals surface area contributed by atoms with E-state index in [1.807, 2.05) is 24.3 Å². The standard InChI is InChI=1S/C20H20N6O4/c1-12(19(27)28)10-24-6-7-26(20(24)29)14-4-2-13(3-5-14)25-8-9-30-18-15-16(21-11-22-18)23-17(15)25/h2-5,11-12H,6-10H2,1H3,(H,27,28). The zero-order chi connectivity index (χ0) is 20.8. The summed E-state index contributed by atoms with van der Waals surface area (Å²) < 4.78 is 5.72. The molecule has 1 N–H and O–H groups in total. The number of benzene rings is 1. The predicted molar refractivity (Wildman–Crippen MR) is 109 cm³/mol. The summed E-state index contributed by atoms with van der Waals surface area (Å²) in [6.45, 7) is 3.96. The van der Waals surface area contributed by atoms with Gasteiger partial charge in [0.1, 0.15) is 18.5 Å². The fourth-order valence-corrected chi connectivity index (χ4v) is 3.85. The zero-order valence-electron chi connectivity index (χ0n) is 16.4. The van der Waals surface area contributed by atoms with Gasteiger partial charge in [-0.15, -0.1) is 0 Å². The maximum atomic E-state index is 12.7. The molecule has 1 aromatic heterocycles. The molecule has 2 amide bonds. The molecular weight excluding hydrogens is 388 g/mol. The maximum absolute atomic E-state index is 12.7. The summed E-state index contributed by atoms with van der Waals surface area (Å²) in [6, 6.07) is 7.51. The first-order valence-electron chi connectivity index (χ1n) is 9.76. The van der Waals surface area contributed by atoms with E-state index in [1.165, 1.54) is 6.33 Å². The van der Waals surface area contributed by atoms with Gasteiger partial charge in [-0.05, 0) is 24.3 Å². The fourth-order valence-electron chi connectivity index (χ4n) is 3.85. The van der Waals surface area contributed by atoms with Gasteiger partial charge in [0.2, 0.25) is 5.88 Å². The molecule has 1 aromatic carbocycles. The van der Waals surface area contributed by atoms with E-state index in [-0.39, 0.29) is 12.6 Å². The number of carboxylic acids is 1. The van der Waals surface area contributed by atoms with Crippen molar-refractivity contribution in [1.29, 1.82) is 0 Å². The summed E-state index contributed by atoms with van der Waals surface area (Å²) in [5.74, 6) is 0.485. The molecule has 4 heterocycles. The Balaban J connectivity index is 1.32. The van der Waals surface area contributed by atoms with Crippen LogP contribution in [0, 0.1) is 5.92 Å². The highest BCUT2D eigenvalue weighted by Gasteiger charge is 2.34. The van der Waals surface area contributed by atoms with Gasteiger partial charge >= 0.3 is 12.0 Å². The molecule has 3 aliphatic rings. The Labute approximate surface area is 172 Å². The van der Waals surface area contributed by atoms with E-state index in [1.54, 1.807) is 16.7 Å². The van der Waals surface area contributed by atoms with E-state index in [9.17, 15) is 9.59 Å². The van der Waals surface area contributed by atoms with Gasteiger partial charge < -0.3 is 19.6 Å². The Morgan fingerprint density at radius 3 is 2.60 bits per heavy atom. The van der Waals surface area contributed by atoms with Crippen LogP contribution >= 0.6 is 0 Å². The van der Waals surface area contributed by atoms with Crippen LogP contribution < -0.4 is 14.5 Å². The first-order valence-corrected chi connectivity index (χ1v) is 9.76. The summed E-state index contributed by atoms with van der Waals surface area (Å²) in [6.07, 6.45) is 1.45. The fraction of sp³-hybridized carbons (Fsp3) is 0.350. The molecule has 30 heavy (non-hydrogen) atoms. The van der Waals surface area contributed by atoms with Gasteiger partial charge in [-0.1, -0.05) is 6.92 Å². The van der Waals surface area contributed by atoms with Crippen LogP contribution in [0.15, 0.2) is 35.6 Å². The van der Waals surface area contributed by atoms with Gasteiger partial charge in [-0.25, -0.2) is 19.8 Å². The van der Waals surface area contributed by atoms with Crippen LogP contribution in [0.5, 0.6) is 5.88 Å². The number of aliphatic imine (C=N–C) groups is 1. The van der Waals surface area contributed by atoms with Crippen molar-refractivity contribution in [1.82, 2.24) is 14.9 Å². The van der Waals surface area contributed by atoms with Crippen molar-refractivity contribution in [2.24, 2.45) is 10.9 Å². The first-order chi connectivity index (χ1) is 14.5. The van der Waals surface area contributed by atoms with Crippen molar-refractivity contribution in [2.75, 3.05) is 42.6 Å². The highest BCUT2D eigenvalue weighted by molar-refractivity contribution is 6.20. The number of anilines is 2. The van der Waals surface area contributed by atoms with Gasteiger partial charge in [0.25, 0.3) is 0 Å². The number of rotatable bonds is 5. The number of amides is 2. The van der Waals surface area contributed by atoms with Gasteiger partial charge in [0.15, 0.2) is 11.7 Å². The van der Waals surface area contributed by atoms with Crippen molar-refractivity contribution < 1.29 is 19.4 Å². The minimum Gasteiger partial charge on any atom is -0.481 e. The Morgan fingerprint density at radius 1 is 1.13 bits per heavy atom. The third kappa shape index (κ3) is 2.92. The van der Waals surface area contributed by atoms with Gasteiger partial charge in [-0.2, -0.15) is 0 Å².